The quantitative estimate of drug-likeness (QED) is 0.773. The van der Waals surface area contributed by atoms with Crippen LogP contribution in [0.5, 0.6) is 0 Å². The number of rotatable bonds is 3. The number of hydrogen-bond acceptors (Lipinski definition) is 5. The molecule has 2 N–H and O–H groups in total. The Bertz CT molecular complexity index is 361. The Hall–Kier alpha value is -1.44. The molecule has 0 amide bonds. The molecule has 0 bridgehead atoms. The molecule has 0 unspecified atom stereocenters. The number of hydrogen-bond donors (Lipinski definition) is 1. The smallest absolute Gasteiger partial charge is 0.329 e. The van der Waals surface area contributed by atoms with Crippen molar-refractivity contribution in [1.29, 1.82) is 0 Å². The van der Waals surface area contributed by atoms with E-state index in [9.17, 15) is 18.0 Å². The highest BCUT2D eigenvalue weighted by Gasteiger charge is 2.39. The molecule has 0 spiro atoms. The molecule has 0 aliphatic carbocycles. The summed E-state index contributed by atoms with van der Waals surface area (Å²) in [6, 6.07) is -0.913. The van der Waals surface area contributed by atoms with Crippen LogP contribution in [-0.4, -0.2) is 22.0 Å². The van der Waals surface area contributed by atoms with E-state index in [-0.39, 0.29) is 6.42 Å². The summed E-state index contributed by atoms with van der Waals surface area (Å²) in [6.45, 7) is 1.62. The van der Waals surface area contributed by atoms with Crippen molar-refractivity contribution in [2.24, 2.45) is 5.73 Å². The topological polar surface area (TPSA) is 82.0 Å². The van der Waals surface area contributed by atoms with E-state index in [4.69, 9.17) is 5.73 Å². The van der Waals surface area contributed by atoms with Crippen LogP contribution in [0, 0.1) is 0 Å². The second-order valence-electron chi connectivity index (χ2n) is 2.80. The summed E-state index contributed by atoms with van der Waals surface area (Å²) >= 11 is 0. The fourth-order valence-electron chi connectivity index (χ4n) is 0.790. The average molecular weight is 223 g/mol. The lowest BCUT2D eigenvalue weighted by molar-refractivity contribution is -0.159. The second-order valence-corrected chi connectivity index (χ2v) is 2.80. The van der Waals surface area contributed by atoms with E-state index >= 15 is 0 Å². The van der Waals surface area contributed by atoms with Gasteiger partial charge >= 0.3 is 12.1 Å². The third kappa shape index (κ3) is 2.52. The predicted molar refractivity (Wildman–Crippen MR) is 41.9 cm³/mol. The number of alkyl halides is 3. The van der Waals surface area contributed by atoms with Crippen LogP contribution < -0.4 is 5.73 Å². The van der Waals surface area contributed by atoms with Gasteiger partial charge in [-0.25, -0.2) is 0 Å². The van der Waals surface area contributed by atoms with Crippen LogP contribution in [0.2, 0.25) is 0 Å². The van der Waals surface area contributed by atoms with Crippen LogP contribution in [0.1, 0.15) is 29.9 Å². The first-order valence-corrected chi connectivity index (χ1v) is 4.07. The van der Waals surface area contributed by atoms with Gasteiger partial charge in [0.15, 0.2) is 0 Å². The maximum absolute atomic E-state index is 12.0. The first kappa shape index (κ1) is 11.6. The van der Waals surface area contributed by atoms with Gasteiger partial charge < -0.3 is 10.3 Å². The van der Waals surface area contributed by atoms with Crippen LogP contribution in [0.3, 0.4) is 0 Å². The van der Waals surface area contributed by atoms with Crippen molar-refractivity contribution in [3.63, 3.8) is 0 Å². The molecule has 1 atom stereocenters. The van der Waals surface area contributed by atoms with Crippen LogP contribution in [-0.2, 0) is 6.18 Å². The van der Waals surface area contributed by atoms with Crippen LogP contribution in [0.15, 0.2) is 4.52 Å². The zero-order valence-electron chi connectivity index (χ0n) is 7.71. The van der Waals surface area contributed by atoms with E-state index in [0.29, 0.717) is 0 Å². The maximum Gasteiger partial charge on any atom is 0.471 e. The summed E-state index contributed by atoms with van der Waals surface area (Å²) < 4.78 is 39.9. The Morgan fingerprint density at radius 3 is 2.60 bits per heavy atom. The minimum atomic E-state index is -4.75. The van der Waals surface area contributed by atoms with Crippen molar-refractivity contribution < 1.29 is 22.5 Å². The van der Waals surface area contributed by atoms with Crippen molar-refractivity contribution in [2.75, 3.05) is 0 Å². The van der Waals surface area contributed by atoms with Crippen LogP contribution in [0.25, 0.3) is 0 Å². The maximum atomic E-state index is 12.0. The fourth-order valence-corrected chi connectivity index (χ4v) is 0.790. The molecule has 0 saturated heterocycles. The van der Waals surface area contributed by atoms with E-state index in [1.807, 2.05) is 0 Å². The molecule has 1 aromatic heterocycles. The number of halogens is 3. The Morgan fingerprint density at radius 2 is 2.20 bits per heavy atom. The standard InChI is InChI=1S/C7H8F3N3O2/c1-2-3(11)4(14)5-12-6(15-13-5)7(8,9)10/h3H,2,11H2,1H3/t3-/m0/s1. The van der Waals surface area contributed by atoms with E-state index in [0.717, 1.165) is 0 Å². The van der Waals surface area contributed by atoms with Crippen molar-refractivity contribution in [2.45, 2.75) is 25.6 Å². The highest BCUT2D eigenvalue weighted by molar-refractivity contribution is 5.96. The zero-order valence-corrected chi connectivity index (χ0v) is 7.71. The molecule has 0 aliphatic heterocycles. The summed E-state index contributed by atoms with van der Waals surface area (Å²) in [5.74, 6) is -2.96. The summed E-state index contributed by atoms with van der Waals surface area (Å²) in [6.07, 6.45) is -4.46. The molecule has 0 radical (unpaired) electrons. The Morgan fingerprint density at radius 1 is 1.60 bits per heavy atom. The van der Waals surface area contributed by atoms with Gasteiger partial charge in [0, 0.05) is 0 Å². The molecule has 0 saturated carbocycles. The molecule has 15 heavy (non-hydrogen) atoms. The Kier molecular flexibility index (Phi) is 3.08. The van der Waals surface area contributed by atoms with Crippen molar-refractivity contribution in [3.8, 4) is 0 Å². The number of nitrogens with two attached hydrogens (primary N) is 1. The molecule has 8 heteroatoms. The van der Waals surface area contributed by atoms with Crippen LogP contribution in [0.4, 0.5) is 13.2 Å². The largest absolute Gasteiger partial charge is 0.471 e. The number of carbonyl (C=O) groups excluding carboxylic acids is 1. The van der Waals surface area contributed by atoms with Gasteiger partial charge in [-0.1, -0.05) is 12.1 Å². The minimum Gasteiger partial charge on any atom is -0.329 e. The minimum absolute atomic E-state index is 0.286. The predicted octanol–water partition coefficient (Wildman–Crippen LogP) is 1.01. The lowest BCUT2D eigenvalue weighted by Crippen LogP contribution is -2.30. The lowest BCUT2D eigenvalue weighted by Gasteiger charge is -2.01. The number of aromatic nitrogens is 2. The van der Waals surface area contributed by atoms with Gasteiger partial charge in [-0.15, -0.1) is 0 Å². The van der Waals surface area contributed by atoms with E-state index in [1.54, 1.807) is 6.92 Å². The third-order valence-electron chi connectivity index (χ3n) is 1.67. The SMILES string of the molecule is CC[C@H](N)C(=O)c1noc(C(F)(F)F)n1. The van der Waals surface area contributed by atoms with Gasteiger partial charge in [-0.3, -0.25) is 4.79 Å². The number of ketones is 1. The molecule has 5 nitrogen and oxygen atoms in total. The lowest BCUT2D eigenvalue weighted by atomic mass is 10.1. The van der Waals surface area contributed by atoms with Crippen LogP contribution >= 0.6 is 0 Å². The number of carbonyl (C=O) groups is 1. The molecular weight excluding hydrogens is 215 g/mol. The van der Waals surface area contributed by atoms with Gasteiger partial charge in [0.1, 0.15) is 0 Å². The Labute approximate surface area is 82.4 Å². The summed E-state index contributed by atoms with van der Waals surface area (Å²) in [7, 11) is 0. The van der Waals surface area contributed by atoms with Gasteiger partial charge in [0.05, 0.1) is 6.04 Å². The fraction of sp³-hybridized carbons (Fsp3) is 0.571. The van der Waals surface area contributed by atoms with Crippen molar-refractivity contribution in [1.82, 2.24) is 10.1 Å². The summed E-state index contributed by atoms with van der Waals surface area (Å²) in [4.78, 5) is 14.2. The Balaban J connectivity index is 2.90. The molecule has 0 aliphatic rings. The second kappa shape index (κ2) is 3.97. The van der Waals surface area contributed by atoms with E-state index in [2.05, 4.69) is 14.7 Å². The molecule has 84 valence electrons. The number of Topliss-reactive ketones (excluding diaryl/α,β-unsaturated/α-hetero) is 1. The monoisotopic (exact) mass is 223 g/mol. The van der Waals surface area contributed by atoms with Gasteiger partial charge in [0.2, 0.25) is 11.6 Å². The summed E-state index contributed by atoms with van der Waals surface area (Å²) in [5, 5.41) is 2.92. The van der Waals surface area contributed by atoms with Crippen molar-refractivity contribution in [3.05, 3.63) is 11.7 Å². The van der Waals surface area contributed by atoms with E-state index < -0.39 is 29.7 Å². The highest BCUT2D eigenvalue weighted by Crippen LogP contribution is 2.27. The first-order chi connectivity index (χ1) is 6.86. The zero-order chi connectivity index (χ0) is 11.6. The van der Waals surface area contributed by atoms with Gasteiger partial charge in [-0.2, -0.15) is 18.2 Å². The normalized spacial score (nSPS) is 13.9. The van der Waals surface area contributed by atoms with Gasteiger partial charge in [-0.05, 0) is 6.42 Å². The molecule has 0 aromatic carbocycles. The molecule has 1 rings (SSSR count). The number of nitrogens with zero attached hydrogens (tertiary/aromatic N) is 2. The highest BCUT2D eigenvalue weighted by atomic mass is 19.4. The molecule has 1 heterocycles. The van der Waals surface area contributed by atoms with Crippen molar-refractivity contribution >= 4 is 5.78 Å². The van der Waals surface area contributed by atoms with E-state index in [1.165, 1.54) is 0 Å². The summed E-state index contributed by atoms with van der Waals surface area (Å²) in [5.41, 5.74) is 5.31. The van der Waals surface area contributed by atoms with Gasteiger partial charge in [0.25, 0.3) is 0 Å². The molecule has 1 aromatic rings. The molecule has 0 fully saturated rings. The first-order valence-electron chi connectivity index (χ1n) is 4.07. The third-order valence-corrected chi connectivity index (χ3v) is 1.67. The average Bonchev–Trinajstić information content (AvgIpc) is 2.63. The molecular formula is C7H8F3N3O2.